The van der Waals surface area contributed by atoms with Gasteiger partial charge in [0.15, 0.2) is 5.52 Å². The summed E-state index contributed by atoms with van der Waals surface area (Å²) in [5, 5.41) is 0. The van der Waals surface area contributed by atoms with Crippen LogP contribution in [0.2, 0.25) is 0 Å². The molecule has 138 valence electrons. The normalized spacial score (nSPS) is 12.0. The van der Waals surface area contributed by atoms with Crippen LogP contribution in [0.15, 0.2) is 36.5 Å². The average Bonchev–Trinajstić information content (AvgIpc) is 3.02. The Bertz CT molecular complexity index is 906. The van der Waals surface area contributed by atoms with Gasteiger partial charge in [0, 0.05) is 5.75 Å². The molecule has 0 aliphatic rings. The number of hydrogen-bond acceptors (Lipinski definition) is 3. The van der Waals surface area contributed by atoms with Crippen molar-refractivity contribution >= 4 is 32.6 Å². The Morgan fingerprint density at radius 2 is 2.00 bits per heavy atom. The second-order valence-corrected chi connectivity index (χ2v) is 8.46. The Kier molecular flexibility index (Phi) is 5.82. The molecular formula is C18H19F3N3S2+. The Balaban J connectivity index is 1.97. The lowest BCUT2D eigenvalue weighted by atomic mass is 10.2. The highest BCUT2D eigenvalue weighted by molar-refractivity contribution is 8.76. The summed E-state index contributed by atoms with van der Waals surface area (Å²) in [6.45, 7) is 4.17. The number of alkyl halides is 3. The van der Waals surface area contributed by atoms with E-state index in [1.165, 1.54) is 6.07 Å². The molecular weight excluding hydrogens is 379 g/mol. The first-order valence-corrected chi connectivity index (χ1v) is 10.7. The molecule has 1 aromatic carbocycles. The van der Waals surface area contributed by atoms with Crippen molar-refractivity contribution in [3.8, 4) is 5.95 Å². The van der Waals surface area contributed by atoms with Crippen LogP contribution in [0.1, 0.15) is 30.2 Å². The monoisotopic (exact) mass is 398 g/mol. The number of fused-ring (bicyclic) bond motifs is 1. The van der Waals surface area contributed by atoms with Crippen LogP contribution in [-0.2, 0) is 11.9 Å². The summed E-state index contributed by atoms with van der Waals surface area (Å²) < 4.78 is 40.7. The average molecular weight is 398 g/mol. The minimum Gasteiger partial charge on any atom is -0.238 e. The van der Waals surface area contributed by atoms with Crippen LogP contribution in [0.3, 0.4) is 0 Å². The summed E-state index contributed by atoms with van der Waals surface area (Å²) in [5.74, 6) is 2.41. The van der Waals surface area contributed by atoms with Gasteiger partial charge in [0.1, 0.15) is 5.52 Å². The van der Waals surface area contributed by atoms with E-state index in [2.05, 4.69) is 16.9 Å². The number of pyridine rings is 1. The van der Waals surface area contributed by atoms with Crippen LogP contribution < -0.4 is 4.57 Å². The van der Waals surface area contributed by atoms with E-state index in [1.54, 1.807) is 10.8 Å². The maximum absolute atomic E-state index is 12.9. The Morgan fingerprint density at radius 3 is 2.73 bits per heavy atom. The molecule has 3 rings (SSSR count). The number of halogens is 3. The lowest BCUT2D eigenvalue weighted by Crippen LogP contribution is -2.37. The molecule has 0 spiro atoms. The molecule has 3 nitrogen and oxygen atoms in total. The Morgan fingerprint density at radius 1 is 1.19 bits per heavy atom. The molecule has 8 heteroatoms. The molecule has 0 aliphatic carbocycles. The topological polar surface area (TPSA) is 32.6 Å². The molecule has 0 unspecified atom stereocenters. The van der Waals surface area contributed by atoms with E-state index >= 15 is 0 Å². The smallest absolute Gasteiger partial charge is 0.238 e. The highest BCUT2D eigenvalue weighted by atomic mass is 33.1. The van der Waals surface area contributed by atoms with Crippen molar-refractivity contribution in [2.24, 2.45) is 0 Å². The summed E-state index contributed by atoms with van der Waals surface area (Å²) in [5.41, 5.74) is 2.41. The lowest BCUT2D eigenvalue weighted by molar-refractivity contribution is -0.610. The van der Waals surface area contributed by atoms with Gasteiger partial charge in [0.25, 0.3) is 0 Å². The number of aromatic amines is 1. The third kappa shape index (κ3) is 4.17. The summed E-state index contributed by atoms with van der Waals surface area (Å²) in [4.78, 5) is 7.51. The fraction of sp³-hybridized carbons (Fsp3) is 0.333. The van der Waals surface area contributed by atoms with E-state index in [4.69, 9.17) is 0 Å². The molecule has 3 aromatic rings. The van der Waals surface area contributed by atoms with Crippen molar-refractivity contribution in [2.45, 2.75) is 32.2 Å². The summed E-state index contributed by atoms with van der Waals surface area (Å²) in [6.07, 6.45) is -1.36. The standard InChI is InChI=1S/C18H19F3N3S2/c1-3-9-25-26-11-16-12(2)5-4-8-24(16)17-22-14-7-6-13(18(19,20)21)10-15(14)23-17/h4-8,10H,3,9,11H2,1-2H3,(H,22,23)/q+1. The Labute approximate surface area is 157 Å². The third-order valence-electron chi connectivity index (χ3n) is 3.92. The van der Waals surface area contributed by atoms with Crippen LogP contribution in [0.4, 0.5) is 13.2 Å². The molecule has 2 aromatic heterocycles. The van der Waals surface area contributed by atoms with Gasteiger partial charge in [0.2, 0.25) is 0 Å². The molecule has 0 fully saturated rings. The minimum atomic E-state index is -4.37. The quantitative estimate of drug-likeness (QED) is 0.340. The number of benzene rings is 1. The number of H-pyrrole nitrogens is 1. The predicted molar refractivity (Wildman–Crippen MR) is 101 cm³/mol. The zero-order valence-electron chi connectivity index (χ0n) is 14.4. The molecule has 0 saturated carbocycles. The van der Waals surface area contributed by atoms with E-state index < -0.39 is 11.7 Å². The fourth-order valence-electron chi connectivity index (χ4n) is 2.56. The van der Waals surface area contributed by atoms with Crippen molar-refractivity contribution in [3.63, 3.8) is 0 Å². The van der Waals surface area contributed by atoms with Crippen molar-refractivity contribution in [1.82, 2.24) is 9.97 Å². The lowest BCUT2D eigenvalue weighted by Gasteiger charge is -2.08. The fourth-order valence-corrected chi connectivity index (χ4v) is 4.84. The van der Waals surface area contributed by atoms with Gasteiger partial charge in [-0.15, -0.1) is 0 Å². The summed E-state index contributed by atoms with van der Waals surface area (Å²) >= 11 is 0. The second-order valence-electron chi connectivity index (χ2n) is 5.88. The first kappa shape index (κ1) is 19.1. The van der Waals surface area contributed by atoms with Crippen LogP contribution in [0, 0.1) is 6.92 Å². The van der Waals surface area contributed by atoms with Crippen molar-refractivity contribution < 1.29 is 17.7 Å². The van der Waals surface area contributed by atoms with Crippen LogP contribution in [-0.4, -0.2) is 15.7 Å². The van der Waals surface area contributed by atoms with Crippen LogP contribution >= 0.6 is 21.6 Å². The SMILES string of the molecule is CCCSSCc1c(C)ccc[n+]1-c1nc2ccc(C(F)(F)F)cc2[nH]1. The number of hydrogen-bond donors (Lipinski definition) is 1. The molecule has 0 atom stereocenters. The molecule has 0 radical (unpaired) electrons. The van der Waals surface area contributed by atoms with Gasteiger partial charge >= 0.3 is 12.1 Å². The number of aryl methyl sites for hydroxylation is 1. The van der Waals surface area contributed by atoms with E-state index in [1.807, 2.05) is 40.6 Å². The molecule has 1 N–H and O–H groups in total. The molecule has 0 bridgehead atoms. The summed E-state index contributed by atoms with van der Waals surface area (Å²) in [7, 11) is 3.59. The highest BCUT2D eigenvalue weighted by Crippen LogP contribution is 2.31. The van der Waals surface area contributed by atoms with Crippen molar-refractivity contribution in [1.29, 1.82) is 0 Å². The van der Waals surface area contributed by atoms with Gasteiger partial charge in [-0.05, 0) is 43.2 Å². The minimum absolute atomic E-state index is 0.378. The van der Waals surface area contributed by atoms with Gasteiger partial charge in [-0.2, -0.15) is 13.2 Å². The van der Waals surface area contributed by atoms with Crippen LogP contribution in [0.25, 0.3) is 17.0 Å². The van der Waals surface area contributed by atoms with Gasteiger partial charge in [-0.1, -0.05) is 39.6 Å². The zero-order valence-corrected chi connectivity index (χ0v) is 16.1. The molecule has 2 heterocycles. The maximum Gasteiger partial charge on any atom is 0.416 e. The number of aromatic nitrogens is 3. The number of rotatable bonds is 6. The number of imidazole rings is 1. The second kappa shape index (κ2) is 7.92. The largest absolute Gasteiger partial charge is 0.416 e. The number of nitrogens with one attached hydrogen (secondary N) is 1. The van der Waals surface area contributed by atoms with Gasteiger partial charge in [-0.3, -0.25) is 0 Å². The number of nitrogens with zero attached hydrogens (tertiary/aromatic N) is 2. The van der Waals surface area contributed by atoms with Gasteiger partial charge in [0.05, 0.1) is 23.2 Å². The zero-order chi connectivity index (χ0) is 18.7. The molecule has 0 saturated heterocycles. The third-order valence-corrected chi connectivity index (χ3v) is 6.41. The molecule has 26 heavy (non-hydrogen) atoms. The predicted octanol–water partition coefficient (Wildman–Crippen LogP) is 5.46. The maximum atomic E-state index is 12.9. The van der Waals surface area contributed by atoms with Gasteiger partial charge < -0.3 is 0 Å². The first-order valence-electron chi connectivity index (χ1n) is 8.22. The van der Waals surface area contributed by atoms with Crippen LogP contribution in [0.5, 0.6) is 0 Å². The Hall–Kier alpha value is -1.67. The first-order chi connectivity index (χ1) is 12.4. The van der Waals surface area contributed by atoms with E-state index in [-0.39, 0.29) is 0 Å². The van der Waals surface area contributed by atoms with E-state index in [0.717, 1.165) is 41.3 Å². The highest BCUT2D eigenvalue weighted by Gasteiger charge is 2.31. The van der Waals surface area contributed by atoms with Crippen molar-refractivity contribution in [3.05, 3.63) is 53.3 Å². The van der Waals surface area contributed by atoms with E-state index in [9.17, 15) is 13.2 Å². The van der Waals surface area contributed by atoms with Crippen molar-refractivity contribution in [2.75, 3.05) is 5.75 Å². The molecule has 0 aliphatic heterocycles. The van der Waals surface area contributed by atoms with E-state index in [0.29, 0.717) is 17.0 Å². The molecule has 0 amide bonds. The summed E-state index contributed by atoms with van der Waals surface area (Å²) in [6, 6.07) is 7.51. The van der Waals surface area contributed by atoms with Gasteiger partial charge in [-0.25, -0.2) is 9.55 Å².